The topological polar surface area (TPSA) is 69.6 Å². The SMILES string of the molecule is CC(C)NCCCS(=O)(=O)N1CCC(C(C)O)CC1. The molecule has 1 unspecified atom stereocenters. The van der Waals surface area contributed by atoms with E-state index in [1.807, 2.05) is 0 Å². The summed E-state index contributed by atoms with van der Waals surface area (Å²) in [6, 6.07) is 0.393. The summed E-state index contributed by atoms with van der Waals surface area (Å²) < 4.78 is 25.9. The molecule has 114 valence electrons. The Hall–Kier alpha value is -0.170. The molecule has 0 spiro atoms. The highest BCUT2D eigenvalue weighted by Crippen LogP contribution is 2.22. The molecule has 0 radical (unpaired) electrons. The minimum atomic E-state index is -3.12. The van der Waals surface area contributed by atoms with Crippen molar-refractivity contribution >= 4 is 10.0 Å². The quantitative estimate of drug-likeness (QED) is 0.681. The highest BCUT2D eigenvalue weighted by molar-refractivity contribution is 7.89. The normalized spacial score (nSPS) is 20.9. The second kappa shape index (κ2) is 7.57. The standard InChI is InChI=1S/C13H28N2O3S/c1-11(2)14-7-4-10-19(17,18)15-8-5-13(6-9-15)12(3)16/h11-14,16H,4-10H2,1-3H3. The molecular weight excluding hydrogens is 264 g/mol. The first-order valence-corrected chi connectivity index (χ1v) is 8.83. The van der Waals surface area contributed by atoms with Crippen molar-refractivity contribution in [1.82, 2.24) is 9.62 Å². The molecule has 0 saturated carbocycles. The van der Waals surface area contributed by atoms with Gasteiger partial charge in [0.2, 0.25) is 10.0 Å². The summed E-state index contributed by atoms with van der Waals surface area (Å²) in [6.07, 6.45) is 1.85. The maximum absolute atomic E-state index is 12.1. The molecule has 0 bridgehead atoms. The van der Waals surface area contributed by atoms with Gasteiger partial charge >= 0.3 is 0 Å². The van der Waals surface area contributed by atoms with Gasteiger partial charge in [-0.2, -0.15) is 0 Å². The first kappa shape index (κ1) is 16.9. The fourth-order valence-corrected chi connectivity index (χ4v) is 3.95. The van der Waals surface area contributed by atoms with Crippen molar-refractivity contribution in [2.24, 2.45) is 5.92 Å². The summed E-state index contributed by atoms with van der Waals surface area (Å²) in [5, 5.41) is 12.7. The van der Waals surface area contributed by atoms with Crippen LogP contribution in [0.15, 0.2) is 0 Å². The largest absolute Gasteiger partial charge is 0.393 e. The highest BCUT2D eigenvalue weighted by atomic mass is 32.2. The van der Waals surface area contributed by atoms with E-state index in [1.54, 1.807) is 11.2 Å². The molecule has 1 aliphatic rings. The van der Waals surface area contributed by atoms with Crippen molar-refractivity contribution < 1.29 is 13.5 Å². The van der Waals surface area contributed by atoms with Crippen LogP contribution in [-0.2, 0) is 10.0 Å². The third-order valence-corrected chi connectivity index (χ3v) is 5.66. The zero-order valence-corrected chi connectivity index (χ0v) is 13.1. The maximum Gasteiger partial charge on any atom is 0.214 e. The Kier molecular flexibility index (Phi) is 6.73. The summed E-state index contributed by atoms with van der Waals surface area (Å²) in [5.41, 5.74) is 0. The number of hydrogen-bond donors (Lipinski definition) is 2. The van der Waals surface area contributed by atoms with Gasteiger partial charge in [-0.3, -0.25) is 0 Å². The van der Waals surface area contributed by atoms with Crippen molar-refractivity contribution in [1.29, 1.82) is 0 Å². The van der Waals surface area contributed by atoms with E-state index in [0.717, 1.165) is 19.4 Å². The number of nitrogens with one attached hydrogen (secondary N) is 1. The smallest absolute Gasteiger partial charge is 0.214 e. The lowest BCUT2D eigenvalue weighted by Gasteiger charge is -2.32. The van der Waals surface area contributed by atoms with Crippen molar-refractivity contribution in [3.63, 3.8) is 0 Å². The third-order valence-electron chi connectivity index (χ3n) is 3.71. The van der Waals surface area contributed by atoms with Gasteiger partial charge in [0.1, 0.15) is 0 Å². The van der Waals surface area contributed by atoms with Gasteiger partial charge in [0.05, 0.1) is 11.9 Å². The Morgan fingerprint density at radius 2 is 1.84 bits per heavy atom. The maximum atomic E-state index is 12.1. The van der Waals surface area contributed by atoms with Crippen LogP contribution in [0, 0.1) is 5.92 Å². The van der Waals surface area contributed by atoms with Crippen molar-refractivity contribution in [2.45, 2.75) is 52.2 Å². The molecule has 1 saturated heterocycles. The summed E-state index contributed by atoms with van der Waals surface area (Å²) in [7, 11) is -3.12. The lowest BCUT2D eigenvalue weighted by Crippen LogP contribution is -2.42. The van der Waals surface area contributed by atoms with Gasteiger partial charge in [-0.1, -0.05) is 13.8 Å². The van der Waals surface area contributed by atoms with Crippen LogP contribution in [0.5, 0.6) is 0 Å². The lowest BCUT2D eigenvalue weighted by atomic mass is 9.93. The third kappa shape index (κ3) is 5.77. The minimum absolute atomic E-state index is 0.214. The number of sulfonamides is 1. The lowest BCUT2D eigenvalue weighted by molar-refractivity contribution is 0.0912. The Bertz CT molecular complexity index is 347. The molecule has 1 fully saturated rings. The van der Waals surface area contributed by atoms with E-state index in [0.29, 0.717) is 25.6 Å². The molecule has 5 nitrogen and oxygen atoms in total. The van der Waals surface area contributed by atoms with Gasteiger partial charge in [0.25, 0.3) is 0 Å². The van der Waals surface area contributed by atoms with Crippen LogP contribution >= 0.6 is 0 Å². The fraction of sp³-hybridized carbons (Fsp3) is 1.00. The van der Waals surface area contributed by atoms with Gasteiger partial charge in [-0.25, -0.2) is 12.7 Å². The molecule has 1 heterocycles. The minimum Gasteiger partial charge on any atom is -0.393 e. The van der Waals surface area contributed by atoms with E-state index in [4.69, 9.17) is 0 Å². The summed E-state index contributed by atoms with van der Waals surface area (Å²) in [5.74, 6) is 0.459. The second-order valence-electron chi connectivity index (χ2n) is 5.76. The van der Waals surface area contributed by atoms with E-state index < -0.39 is 10.0 Å². The zero-order valence-electron chi connectivity index (χ0n) is 12.3. The van der Waals surface area contributed by atoms with E-state index in [1.165, 1.54) is 0 Å². The Morgan fingerprint density at radius 3 is 2.32 bits per heavy atom. The molecule has 1 atom stereocenters. The van der Waals surface area contributed by atoms with Crippen molar-refractivity contribution in [3.8, 4) is 0 Å². The Labute approximate surface area is 117 Å². The summed E-state index contributed by atoms with van der Waals surface area (Å²) in [6.45, 7) is 7.73. The number of nitrogens with zero attached hydrogens (tertiary/aromatic N) is 1. The molecule has 19 heavy (non-hydrogen) atoms. The molecule has 1 rings (SSSR count). The fourth-order valence-electron chi connectivity index (χ4n) is 2.41. The predicted octanol–water partition coefficient (Wildman–Crippen LogP) is 0.797. The van der Waals surface area contributed by atoms with Gasteiger partial charge in [-0.15, -0.1) is 0 Å². The number of aliphatic hydroxyl groups is 1. The van der Waals surface area contributed by atoms with Crippen LogP contribution in [0.25, 0.3) is 0 Å². The van der Waals surface area contributed by atoms with E-state index >= 15 is 0 Å². The van der Waals surface area contributed by atoms with Crippen LogP contribution in [0.2, 0.25) is 0 Å². The molecule has 6 heteroatoms. The zero-order chi connectivity index (χ0) is 14.5. The first-order valence-electron chi connectivity index (χ1n) is 7.22. The molecule has 0 aromatic carbocycles. The van der Waals surface area contributed by atoms with Crippen molar-refractivity contribution in [2.75, 3.05) is 25.4 Å². The molecule has 0 aliphatic carbocycles. The summed E-state index contributed by atoms with van der Waals surface area (Å²) in [4.78, 5) is 0. The van der Waals surface area contributed by atoms with E-state index in [-0.39, 0.29) is 17.8 Å². The molecule has 1 aliphatic heterocycles. The summed E-state index contributed by atoms with van der Waals surface area (Å²) >= 11 is 0. The number of piperidine rings is 1. The molecular formula is C13H28N2O3S. The van der Waals surface area contributed by atoms with Crippen LogP contribution in [-0.4, -0.2) is 55.4 Å². The van der Waals surface area contributed by atoms with Crippen molar-refractivity contribution in [3.05, 3.63) is 0 Å². The van der Waals surface area contributed by atoms with Crippen LogP contribution < -0.4 is 5.32 Å². The van der Waals surface area contributed by atoms with Crippen LogP contribution in [0.1, 0.15) is 40.0 Å². The molecule has 0 aromatic heterocycles. The number of aliphatic hydroxyl groups excluding tert-OH is 1. The first-order chi connectivity index (χ1) is 8.83. The van der Waals surface area contributed by atoms with Gasteiger partial charge in [0.15, 0.2) is 0 Å². The molecule has 0 aromatic rings. The number of rotatable bonds is 7. The monoisotopic (exact) mass is 292 g/mol. The van der Waals surface area contributed by atoms with Gasteiger partial charge < -0.3 is 10.4 Å². The van der Waals surface area contributed by atoms with Crippen LogP contribution in [0.3, 0.4) is 0 Å². The predicted molar refractivity (Wildman–Crippen MR) is 77.5 cm³/mol. The van der Waals surface area contributed by atoms with E-state index in [9.17, 15) is 13.5 Å². The average molecular weight is 292 g/mol. The highest BCUT2D eigenvalue weighted by Gasteiger charge is 2.29. The van der Waals surface area contributed by atoms with Gasteiger partial charge in [0, 0.05) is 19.1 Å². The molecule has 2 N–H and O–H groups in total. The number of hydrogen-bond acceptors (Lipinski definition) is 4. The Morgan fingerprint density at radius 1 is 1.26 bits per heavy atom. The van der Waals surface area contributed by atoms with Gasteiger partial charge in [-0.05, 0) is 38.6 Å². The van der Waals surface area contributed by atoms with E-state index in [2.05, 4.69) is 19.2 Å². The molecule has 0 amide bonds. The van der Waals surface area contributed by atoms with Crippen LogP contribution in [0.4, 0.5) is 0 Å². The second-order valence-corrected chi connectivity index (χ2v) is 7.84. The Balaban J connectivity index is 2.34. The average Bonchev–Trinajstić information content (AvgIpc) is 2.34.